The Hall–Kier alpha value is -4.08. The van der Waals surface area contributed by atoms with Gasteiger partial charge in [0.2, 0.25) is 0 Å². The summed E-state index contributed by atoms with van der Waals surface area (Å²) in [6.07, 6.45) is 3.81. The van der Waals surface area contributed by atoms with E-state index in [2.05, 4.69) is 0 Å². The summed E-state index contributed by atoms with van der Waals surface area (Å²) in [5, 5.41) is 0. The smallest absolute Gasteiger partial charge is 0.338 e. The molecular weight excluding hydrogens is 569 g/mol. The molecule has 1 aromatic heterocycles. The lowest BCUT2D eigenvalue weighted by molar-refractivity contribution is -0.138. The second-order valence-electron chi connectivity index (χ2n) is 9.78. The van der Waals surface area contributed by atoms with Gasteiger partial charge in [-0.05, 0) is 68.5 Å². The van der Waals surface area contributed by atoms with Crippen molar-refractivity contribution in [1.82, 2.24) is 4.57 Å². The second kappa shape index (κ2) is 12.8. The Labute approximate surface area is 252 Å². The first-order valence-corrected chi connectivity index (χ1v) is 15.7. The van der Waals surface area contributed by atoms with Crippen molar-refractivity contribution in [2.45, 2.75) is 37.8 Å². The van der Waals surface area contributed by atoms with Gasteiger partial charge in [-0.1, -0.05) is 59.9 Å². The molecule has 1 aliphatic rings. The maximum atomic E-state index is 14.1. The SMILES string of the molecule is CCOC(=O)C1=C(c2ccccc2)N=c2s/c(=C\c3ccc(OC(C)C)c(OC)c3)c(=O)n2[C@H]1c1ccc(SC)cc1. The first-order chi connectivity index (χ1) is 20.3. The topological polar surface area (TPSA) is 79.1 Å². The molecule has 216 valence electrons. The molecule has 0 fully saturated rings. The zero-order valence-corrected chi connectivity index (χ0v) is 25.8. The van der Waals surface area contributed by atoms with Gasteiger partial charge in [0.1, 0.15) is 0 Å². The predicted molar refractivity (Wildman–Crippen MR) is 168 cm³/mol. The Bertz CT molecular complexity index is 1810. The summed E-state index contributed by atoms with van der Waals surface area (Å²) in [5.41, 5.74) is 2.93. The number of thioether (sulfide) groups is 1. The quantitative estimate of drug-likeness (QED) is 0.188. The van der Waals surface area contributed by atoms with E-state index in [4.69, 9.17) is 19.2 Å². The average molecular weight is 601 g/mol. The third kappa shape index (κ3) is 5.93. The van der Waals surface area contributed by atoms with Crippen LogP contribution in [0.15, 0.2) is 93.1 Å². The Morgan fingerprint density at radius 2 is 1.81 bits per heavy atom. The summed E-state index contributed by atoms with van der Waals surface area (Å²) in [4.78, 5) is 34.2. The van der Waals surface area contributed by atoms with Crippen molar-refractivity contribution >= 4 is 40.8 Å². The minimum absolute atomic E-state index is 0.00849. The molecule has 0 saturated heterocycles. The van der Waals surface area contributed by atoms with Crippen LogP contribution in [0.5, 0.6) is 11.5 Å². The highest BCUT2D eigenvalue weighted by Gasteiger charge is 2.35. The van der Waals surface area contributed by atoms with Gasteiger partial charge in [-0.25, -0.2) is 9.79 Å². The highest BCUT2D eigenvalue weighted by atomic mass is 32.2. The van der Waals surface area contributed by atoms with Crippen LogP contribution in [0.4, 0.5) is 0 Å². The molecule has 0 amide bonds. The number of aromatic nitrogens is 1. The molecule has 1 aliphatic heterocycles. The Balaban J connectivity index is 1.75. The van der Waals surface area contributed by atoms with E-state index in [9.17, 15) is 9.59 Å². The number of nitrogens with zero attached hydrogens (tertiary/aromatic N) is 2. The minimum atomic E-state index is -0.718. The summed E-state index contributed by atoms with van der Waals surface area (Å²) >= 11 is 2.91. The van der Waals surface area contributed by atoms with Gasteiger partial charge in [-0.15, -0.1) is 11.8 Å². The molecule has 0 saturated carbocycles. The lowest BCUT2D eigenvalue weighted by atomic mass is 9.93. The number of esters is 1. The third-order valence-corrected chi connectivity index (χ3v) is 8.38. The number of fused-ring (bicyclic) bond motifs is 1. The van der Waals surface area contributed by atoms with Crippen molar-refractivity contribution in [2.75, 3.05) is 20.0 Å². The zero-order chi connectivity index (χ0) is 29.8. The fourth-order valence-electron chi connectivity index (χ4n) is 4.82. The number of thiazole rings is 1. The molecule has 1 atom stereocenters. The van der Waals surface area contributed by atoms with Crippen molar-refractivity contribution in [3.05, 3.63) is 115 Å². The van der Waals surface area contributed by atoms with Gasteiger partial charge in [-0.2, -0.15) is 0 Å². The molecule has 0 spiro atoms. The monoisotopic (exact) mass is 600 g/mol. The van der Waals surface area contributed by atoms with Crippen molar-refractivity contribution < 1.29 is 19.0 Å². The van der Waals surface area contributed by atoms with Crippen LogP contribution in [0.3, 0.4) is 0 Å². The van der Waals surface area contributed by atoms with Crippen LogP contribution in [-0.4, -0.2) is 36.6 Å². The van der Waals surface area contributed by atoms with E-state index in [-0.39, 0.29) is 18.3 Å². The third-order valence-electron chi connectivity index (χ3n) is 6.65. The average Bonchev–Trinajstić information content (AvgIpc) is 3.31. The van der Waals surface area contributed by atoms with Crippen molar-refractivity contribution in [2.24, 2.45) is 4.99 Å². The first kappa shape index (κ1) is 29.4. The molecule has 0 bridgehead atoms. The molecule has 42 heavy (non-hydrogen) atoms. The first-order valence-electron chi connectivity index (χ1n) is 13.6. The zero-order valence-electron chi connectivity index (χ0n) is 24.1. The number of benzene rings is 3. The van der Waals surface area contributed by atoms with Gasteiger partial charge in [-0.3, -0.25) is 9.36 Å². The van der Waals surface area contributed by atoms with Crippen LogP contribution in [0.25, 0.3) is 11.8 Å². The van der Waals surface area contributed by atoms with Gasteiger partial charge in [0.25, 0.3) is 5.56 Å². The van der Waals surface area contributed by atoms with Crippen LogP contribution in [0, 0.1) is 0 Å². The number of carbonyl (C=O) groups is 1. The number of rotatable bonds is 9. The van der Waals surface area contributed by atoms with E-state index in [0.29, 0.717) is 32.1 Å². The molecule has 7 nitrogen and oxygen atoms in total. The molecule has 2 heterocycles. The molecule has 0 radical (unpaired) electrons. The summed E-state index contributed by atoms with van der Waals surface area (Å²) in [6.45, 7) is 5.87. The van der Waals surface area contributed by atoms with Crippen LogP contribution in [-0.2, 0) is 9.53 Å². The number of ether oxygens (including phenoxy) is 3. The largest absolute Gasteiger partial charge is 0.493 e. The fourth-order valence-corrected chi connectivity index (χ4v) is 6.23. The van der Waals surface area contributed by atoms with E-state index >= 15 is 0 Å². The Kier molecular flexibility index (Phi) is 8.99. The number of carbonyl (C=O) groups excluding carboxylic acids is 1. The fraction of sp³-hybridized carbons (Fsp3) is 0.242. The summed E-state index contributed by atoms with van der Waals surface area (Å²) in [7, 11) is 1.59. The van der Waals surface area contributed by atoms with Gasteiger partial charge >= 0.3 is 5.97 Å². The molecule has 0 unspecified atom stereocenters. The highest BCUT2D eigenvalue weighted by molar-refractivity contribution is 7.98. The molecular formula is C33H32N2O5S2. The predicted octanol–water partition coefficient (Wildman–Crippen LogP) is 5.45. The van der Waals surface area contributed by atoms with E-state index in [0.717, 1.165) is 21.6 Å². The molecule has 4 aromatic rings. The normalized spacial score (nSPS) is 14.9. The minimum Gasteiger partial charge on any atom is -0.493 e. The maximum Gasteiger partial charge on any atom is 0.338 e. The van der Waals surface area contributed by atoms with Crippen LogP contribution >= 0.6 is 23.1 Å². The van der Waals surface area contributed by atoms with Crippen molar-refractivity contribution in [3.63, 3.8) is 0 Å². The lowest BCUT2D eigenvalue weighted by Crippen LogP contribution is -2.40. The molecule has 0 aliphatic carbocycles. The second-order valence-corrected chi connectivity index (χ2v) is 11.7. The van der Waals surface area contributed by atoms with Crippen molar-refractivity contribution in [3.8, 4) is 11.5 Å². The number of hydrogen-bond donors (Lipinski definition) is 0. The Morgan fingerprint density at radius 3 is 2.45 bits per heavy atom. The molecule has 3 aromatic carbocycles. The number of hydrogen-bond acceptors (Lipinski definition) is 8. The summed E-state index contributed by atoms with van der Waals surface area (Å²) in [5.74, 6) is 0.707. The highest BCUT2D eigenvalue weighted by Crippen LogP contribution is 2.36. The molecule has 5 rings (SSSR count). The van der Waals surface area contributed by atoms with Gasteiger partial charge < -0.3 is 14.2 Å². The van der Waals surface area contributed by atoms with E-state index in [1.807, 2.05) is 99.0 Å². The Morgan fingerprint density at radius 1 is 1.07 bits per heavy atom. The van der Waals surface area contributed by atoms with Gasteiger partial charge in [0.15, 0.2) is 16.3 Å². The summed E-state index contributed by atoms with van der Waals surface area (Å²) < 4.78 is 19.0. The van der Waals surface area contributed by atoms with E-state index in [1.54, 1.807) is 30.4 Å². The lowest BCUT2D eigenvalue weighted by Gasteiger charge is -2.26. The van der Waals surface area contributed by atoms with Crippen LogP contribution < -0.4 is 24.4 Å². The summed E-state index contributed by atoms with van der Waals surface area (Å²) in [6, 6.07) is 22.3. The molecule has 0 N–H and O–H groups in total. The van der Waals surface area contributed by atoms with Crippen LogP contribution in [0.2, 0.25) is 0 Å². The van der Waals surface area contributed by atoms with Gasteiger partial charge in [0.05, 0.1) is 41.7 Å². The number of methoxy groups -OCH3 is 1. The van der Waals surface area contributed by atoms with Gasteiger partial charge in [0, 0.05) is 10.5 Å². The molecule has 9 heteroatoms. The van der Waals surface area contributed by atoms with Crippen molar-refractivity contribution in [1.29, 1.82) is 0 Å². The maximum absolute atomic E-state index is 14.1. The standard InChI is InChI=1S/C33H32N2O5S2/c1-6-39-32(37)28-29(22-10-8-7-9-11-22)34-33-35(30(28)23-13-15-24(41-5)16-14-23)31(36)27(42-33)19-21-12-17-25(40-20(2)3)26(18-21)38-4/h7-20,30H,6H2,1-5H3/b27-19-/t30-/m0/s1. The van der Waals surface area contributed by atoms with E-state index < -0.39 is 12.0 Å². The van der Waals surface area contributed by atoms with E-state index in [1.165, 1.54) is 11.3 Å². The van der Waals surface area contributed by atoms with Crippen LogP contribution in [0.1, 0.15) is 43.5 Å².